The zero-order valence-corrected chi connectivity index (χ0v) is 8.32. The van der Waals surface area contributed by atoms with Crippen LogP contribution in [-0.2, 0) is 4.79 Å². The second kappa shape index (κ2) is 3.82. The number of hydrogen-bond acceptors (Lipinski definition) is 2. The number of benzene rings is 1. The Kier molecular flexibility index (Phi) is 2.53. The quantitative estimate of drug-likeness (QED) is 0.731. The summed E-state index contributed by atoms with van der Waals surface area (Å²) in [6.07, 6.45) is 1.40. The van der Waals surface area contributed by atoms with E-state index in [2.05, 4.69) is 0 Å². The van der Waals surface area contributed by atoms with Crippen LogP contribution in [-0.4, -0.2) is 12.4 Å². The van der Waals surface area contributed by atoms with Crippen molar-refractivity contribution >= 4 is 5.78 Å². The van der Waals surface area contributed by atoms with Crippen molar-refractivity contribution in [3.8, 4) is 5.75 Å². The maximum Gasteiger partial charge on any atom is 0.133 e. The van der Waals surface area contributed by atoms with Gasteiger partial charge in [-0.1, -0.05) is 18.2 Å². The highest BCUT2D eigenvalue weighted by Gasteiger charge is 2.26. The molecule has 1 saturated carbocycles. The van der Waals surface area contributed by atoms with Crippen LogP contribution in [0.1, 0.15) is 18.4 Å². The Morgan fingerprint density at radius 2 is 2.07 bits per heavy atom. The number of ketones is 1. The van der Waals surface area contributed by atoms with Crippen molar-refractivity contribution in [1.82, 2.24) is 0 Å². The molecule has 0 N–H and O–H groups in total. The molecule has 0 amide bonds. The van der Waals surface area contributed by atoms with Gasteiger partial charge in [0.15, 0.2) is 0 Å². The third kappa shape index (κ3) is 1.95. The predicted molar refractivity (Wildman–Crippen MR) is 54.4 cm³/mol. The summed E-state index contributed by atoms with van der Waals surface area (Å²) in [5.41, 5.74) is 1.15. The highest BCUT2D eigenvalue weighted by atomic mass is 16.5. The van der Waals surface area contributed by atoms with E-state index in [0.29, 0.717) is 31.1 Å². The van der Waals surface area contributed by atoms with E-state index in [1.165, 1.54) is 0 Å². The molecule has 1 aliphatic carbocycles. The summed E-state index contributed by atoms with van der Waals surface area (Å²) in [4.78, 5) is 10.7. The summed E-state index contributed by atoms with van der Waals surface area (Å²) in [5, 5.41) is 0. The molecular formula is C12H14O2. The number of ether oxygens (including phenoxy) is 1. The van der Waals surface area contributed by atoms with E-state index in [4.69, 9.17) is 4.74 Å². The molecule has 1 fully saturated rings. The number of carbonyl (C=O) groups is 1. The maximum atomic E-state index is 10.7. The fourth-order valence-electron chi connectivity index (χ4n) is 1.63. The normalized spacial score (nSPS) is 16.5. The van der Waals surface area contributed by atoms with Gasteiger partial charge in [-0.3, -0.25) is 4.79 Å². The number of Topliss-reactive ketones (excluding diaryl/α,β-unsaturated/α-hetero) is 1. The maximum absolute atomic E-state index is 10.7. The van der Waals surface area contributed by atoms with Gasteiger partial charge < -0.3 is 4.74 Å². The van der Waals surface area contributed by atoms with Crippen molar-refractivity contribution in [2.45, 2.75) is 19.8 Å². The van der Waals surface area contributed by atoms with Gasteiger partial charge in [0, 0.05) is 18.8 Å². The largest absolute Gasteiger partial charge is 0.493 e. The fraction of sp³-hybridized carbons (Fsp3) is 0.417. The van der Waals surface area contributed by atoms with Gasteiger partial charge in [0.1, 0.15) is 11.5 Å². The number of hydrogen-bond donors (Lipinski definition) is 0. The lowest BCUT2D eigenvalue weighted by Gasteiger charge is -2.24. The molecule has 14 heavy (non-hydrogen) atoms. The Bertz CT molecular complexity index is 336. The van der Waals surface area contributed by atoms with Crippen LogP contribution in [0.2, 0.25) is 0 Å². The molecule has 2 heteroatoms. The van der Waals surface area contributed by atoms with Crippen LogP contribution in [0.4, 0.5) is 0 Å². The van der Waals surface area contributed by atoms with E-state index in [9.17, 15) is 4.79 Å². The first-order valence-electron chi connectivity index (χ1n) is 4.96. The Labute approximate surface area is 83.9 Å². The summed E-state index contributed by atoms with van der Waals surface area (Å²) in [7, 11) is 0. The van der Waals surface area contributed by atoms with Gasteiger partial charge in [-0.25, -0.2) is 0 Å². The minimum atomic E-state index is 0.364. The SMILES string of the molecule is Cc1ccccc1OCC1CC(=O)C1. The first-order valence-corrected chi connectivity index (χ1v) is 4.96. The Morgan fingerprint density at radius 3 is 2.71 bits per heavy atom. The lowest BCUT2D eigenvalue weighted by molar-refractivity contribution is -0.127. The van der Waals surface area contributed by atoms with Crippen molar-refractivity contribution < 1.29 is 9.53 Å². The van der Waals surface area contributed by atoms with Gasteiger partial charge in [0.2, 0.25) is 0 Å². The first-order chi connectivity index (χ1) is 6.75. The number of carbonyl (C=O) groups excluding carboxylic acids is 1. The standard InChI is InChI=1S/C12H14O2/c1-9-4-2-3-5-12(9)14-8-10-6-11(13)7-10/h2-5,10H,6-8H2,1H3. The van der Waals surface area contributed by atoms with Crippen LogP contribution in [0.5, 0.6) is 5.75 Å². The molecule has 0 atom stereocenters. The van der Waals surface area contributed by atoms with E-state index in [1.54, 1.807) is 0 Å². The third-order valence-electron chi connectivity index (χ3n) is 2.60. The average Bonchev–Trinajstić information content (AvgIpc) is 2.13. The molecule has 1 aromatic carbocycles. The highest BCUT2D eigenvalue weighted by Crippen LogP contribution is 2.25. The molecule has 0 unspecified atom stereocenters. The zero-order valence-electron chi connectivity index (χ0n) is 8.32. The molecule has 0 bridgehead atoms. The van der Waals surface area contributed by atoms with E-state index in [-0.39, 0.29) is 0 Å². The lowest BCUT2D eigenvalue weighted by atomic mass is 9.85. The van der Waals surface area contributed by atoms with Crippen LogP contribution >= 0.6 is 0 Å². The minimum absolute atomic E-state index is 0.364. The van der Waals surface area contributed by atoms with Crippen LogP contribution in [0, 0.1) is 12.8 Å². The smallest absolute Gasteiger partial charge is 0.133 e. The molecule has 2 nitrogen and oxygen atoms in total. The van der Waals surface area contributed by atoms with Crippen molar-refractivity contribution in [2.24, 2.45) is 5.92 Å². The predicted octanol–water partition coefficient (Wildman–Crippen LogP) is 2.35. The number of aryl methyl sites for hydroxylation is 1. The van der Waals surface area contributed by atoms with Gasteiger partial charge in [-0.2, -0.15) is 0 Å². The molecule has 0 heterocycles. The van der Waals surface area contributed by atoms with Gasteiger partial charge in [0.25, 0.3) is 0 Å². The van der Waals surface area contributed by atoms with Crippen LogP contribution in [0.25, 0.3) is 0 Å². The molecule has 2 rings (SSSR count). The molecule has 0 aromatic heterocycles. The second-order valence-corrected chi connectivity index (χ2v) is 3.89. The van der Waals surface area contributed by atoms with Gasteiger partial charge in [-0.15, -0.1) is 0 Å². The molecule has 0 saturated heterocycles. The molecule has 1 aromatic rings. The lowest BCUT2D eigenvalue weighted by Crippen LogP contribution is -2.28. The summed E-state index contributed by atoms with van der Waals surface area (Å²) in [6, 6.07) is 7.96. The second-order valence-electron chi connectivity index (χ2n) is 3.89. The fourth-order valence-corrected chi connectivity index (χ4v) is 1.63. The Morgan fingerprint density at radius 1 is 1.36 bits per heavy atom. The van der Waals surface area contributed by atoms with Crippen LogP contribution in [0.3, 0.4) is 0 Å². The topological polar surface area (TPSA) is 26.3 Å². The van der Waals surface area contributed by atoms with Gasteiger partial charge in [-0.05, 0) is 18.6 Å². The minimum Gasteiger partial charge on any atom is -0.493 e. The van der Waals surface area contributed by atoms with E-state index >= 15 is 0 Å². The summed E-state index contributed by atoms with van der Waals surface area (Å²) in [5.74, 6) is 1.75. The summed E-state index contributed by atoms with van der Waals surface area (Å²) >= 11 is 0. The number of rotatable bonds is 3. The number of para-hydroxylation sites is 1. The molecule has 1 aliphatic rings. The van der Waals surface area contributed by atoms with E-state index in [1.807, 2.05) is 31.2 Å². The molecule has 74 valence electrons. The Hall–Kier alpha value is -1.31. The third-order valence-corrected chi connectivity index (χ3v) is 2.60. The average molecular weight is 190 g/mol. The highest BCUT2D eigenvalue weighted by molar-refractivity contribution is 5.84. The first kappa shape index (κ1) is 9.25. The summed E-state index contributed by atoms with van der Waals surface area (Å²) < 4.78 is 5.64. The van der Waals surface area contributed by atoms with E-state index in [0.717, 1.165) is 11.3 Å². The van der Waals surface area contributed by atoms with Crippen molar-refractivity contribution in [3.63, 3.8) is 0 Å². The molecule has 0 radical (unpaired) electrons. The molecular weight excluding hydrogens is 176 g/mol. The van der Waals surface area contributed by atoms with Crippen molar-refractivity contribution in [2.75, 3.05) is 6.61 Å². The molecule has 0 spiro atoms. The van der Waals surface area contributed by atoms with Crippen LogP contribution < -0.4 is 4.74 Å². The monoisotopic (exact) mass is 190 g/mol. The van der Waals surface area contributed by atoms with Crippen molar-refractivity contribution in [3.05, 3.63) is 29.8 Å². The van der Waals surface area contributed by atoms with Gasteiger partial charge in [0.05, 0.1) is 6.61 Å². The van der Waals surface area contributed by atoms with Crippen molar-refractivity contribution in [1.29, 1.82) is 0 Å². The molecule has 0 aliphatic heterocycles. The van der Waals surface area contributed by atoms with E-state index < -0.39 is 0 Å². The van der Waals surface area contributed by atoms with Crippen LogP contribution in [0.15, 0.2) is 24.3 Å². The summed E-state index contributed by atoms with van der Waals surface area (Å²) in [6.45, 7) is 2.71. The van der Waals surface area contributed by atoms with Gasteiger partial charge >= 0.3 is 0 Å². The Balaban J connectivity index is 1.86. The zero-order chi connectivity index (χ0) is 9.97.